The van der Waals surface area contributed by atoms with E-state index in [9.17, 15) is 5.11 Å². The van der Waals surface area contributed by atoms with Gasteiger partial charge in [-0.2, -0.15) is 0 Å². The third-order valence-electron chi connectivity index (χ3n) is 2.82. The Morgan fingerprint density at radius 1 is 1.36 bits per heavy atom. The minimum absolute atomic E-state index is 0.0591. The lowest BCUT2D eigenvalue weighted by Crippen LogP contribution is -2.12. The topological polar surface area (TPSA) is 20.2 Å². The van der Waals surface area contributed by atoms with Crippen molar-refractivity contribution in [3.05, 3.63) is 33.3 Å². The third kappa shape index (κ3) is 1.44. The second-order valence-corrected chi connectivity index (χ2v) is 5.30. The molecule has 0 unspecified atom stereocenters. The molecule has 0 bridgehead atoms. The third-order valence-corrected chi connectivity index (χ3v) is 3.34. The zero-order valence-corrected chi connectivity index (χ0v) is 9.65. The lowest BCUT2D eigenvalue weighted by Gasteiger charge is -2.19. The molecule has 1 aromatic rings. The second-order valence-electron chi connectivity index (χ2n) is 4.46. The van der Waals surface area contributed by atoms with Crippen LogP contribution in [0.1, 0.15) is 37.5 Å². The molecule has 1 atom stereocenters. The van der Waals surface area contributed by atoms with Crippen molar-refractivity contribution in [2.75, 3.05) is 0 Å². The number of fused-ring (bicyclic) bond motifs is 1. The second kappa shape index (κ2) is 3.13. The highest BCUT2D eigenvalue weighted by Gasteiger charge is 2.37. The lowest BCUT2D eigenvalue weighted by atomic mass is 9.86. The van der Waals surface area contributed by atoms with Crippen LogP contribution < -0.4 is 0 Å². The monoisotopic (exact) mass is 230 g/mol. The SMILES string of the molecule is CC1(C)C[C@H](O)c2cc(Cl)cc(Cl)c21. The molecule has 0 aromatic heterocycles. The zero-order valence-electron chi connectivity index (χ0n) is 8.14. The van der Waals surface area contributed by atoms with Gasteiger partial charge in [0, 0.05) is 10.0 Å². The Balaban J connectivity index is 2.69. The van der Waals surface area contributed by atoms with Crippen LogP contribution in [-0.2, 0) is 5.41 Å². The van der Waals surface area contributed by atoms with E-state index in [0.717, 1.165) is 11.1 Å². The first kappa shape index (κ1) is 10.3. The molecule has 0 spiro atoms. The van der Waals surface area contributed by atoms with Gasteiger partial charge in [0.05, 0.1) is 6.10 Å². The van der Waals surface area contributed by atoms with E-state index in [1.54, 1.807) is 6.07 Å². The Morgan fingerprint density at radius 3 is 2.64 bits per heavy atom. The number of hydrogen-bond acceptors (Lipinski definition) is 1. The van der Waals surface area contributed by atoms with Gasteiger partial charge in [-0.25, -0.2) is 0 Å². The summed E-state index contributed by atoms with van der Waals surface area (Å²) in [6, 6.07) is 3.55. The van der Waals surface area contributed by atoms with Crippen LogP contribution in [0.4, 0.5) is 0 Å². The lowest BCUT2D eigenvalue weighted by molar-refractivity contribution is 0.161. The highest BCUT2D eigenvalue weighted by atomic mass is 35.5. The van der Waals surface area contributed by atoms with Crippen molar-refractivity contribution in [3.8, 4) is 0 Å². The van der Waals surface area contributed by atoms with Crippen molar-refractivity contribution < 1.29 is 5.11 Å². The van der Waals surface area contributed by atoms with Crippen LogP contribution in [-0.4, -0.2) is 5.11 Å². The van der Waals surface area contributed by atoms with Gasteiger partial charge in [0.25, 0.3) is 0 Å². The Kier molecular flexibility index (Phi) is 2.30. The highest BCUT2D eigenvalue weighted by molar-refractivity contribution is 6.35. The maximum Gasteiger partial charge on any atom is 0.0802 e. The van der Waals surface area contributed by atoms with E-state index >= 15 is 0 Å². The normalized spacial score (nSPS) is 23.6. The first-order valence-electron chi connectivity index (χ1n) is 4.59. The van der Waals surface area contributed by atoms with Crippen LogP contribution in [0, 0.1) is 0 Å². The molecule has 1 aromatic carbocycles. The number of rotatable bonds is 0. The molecule has 1 aliphatic carbocycles. The Labute approximate surface area is 93.7 Å². The van der Waals surface area contributed by atoms with Crippen molar-refractivity contribution in [1.82, 2.24) is 0 Å². The van der Waals surface area contributed by atoms with E-state index in [0.29, 0.717) is 16.5 Å². The smallest absolute Gasteiger partial charge is 0.0802 e. The van der Waals surface area contributed by atoms with E-state index < -0.39 is 6.10 Å². The maximum absolute atomic E-state index is 9.85. The standard InChI is InChI=1S/C11H12Cl2O/c1-11(2)5-9(14)7-3-6(12)4-8(13)10(7)11/h3-4,9,14H,5H2,1-2H3/t9-/m0/s1. The molecular formula is C11H12Cl2O. The van der Waals surface area contributed by atoms with Gasteiger partial charge in [-0.3, -0.25) is 0 Å². The maximum atomic E-state index is 9.85. The van der Waals surface area contributed by atoms with Crippen molar-refractivity contribution in [2.24, 2.45) is 0 Å². The molecule has 1 N–H and O–H groups in total. The van der Waals surface area contributed by atoms with Gasteiger partial charge in [-0.05, 0) is 35.1 Å². The number of hydrogen-bond donors (Lipinski definition) is 1. The molecule has 0 aliphatic heterocycles. The molecule has 0 amide bonds. The van der Waals surface area contributed by atoms with Crippen molar-refractivity contribution >= 4 is 23.2 Å². The van der Waals surface area contributed by atoms with Crippen molar-refractivity contribution in [1.29, 1.82) is 0 Å². The number of benzene rings is 1. The largest absolute Gasteiger partial charge is 0.388 e. The van der Waals surface area contributed by atoms with Crippen LogP contribution >= 0.6 is 23.2 Å². The first-order chi connectivity index (χ1) is 6.42. The van der Waals surface area contributed by atoms with Crippen molar-refractivity contribution in [3.63, 3.8) is 0 Å². The summed E-state index contributed by atoms with van der Waals surface area (Å²) in [4.78, 5) is 0. The summed E-state index contributed by atoms with van der Waals surface area (Å²) in [6.45, 7) is 4.17. The molecule has 0 saturated carbocycles. The molecule has 0 fully saturated rings. The van der Waals surface area contributed by atoms with Crippen molar-refractivity contribution in [2.45, 2.75) is 31.8 Å². The average molecular weight is 231 g/mol. The molecule has 0 heterocycles. The molecule has 0 radical (unpaired) electrons. The van der Waals surface area contributed by atoms with E-state index in [1.165, 1.54) is 0 Å². The fourth-order valence-electron chi connectivity index (χ4n) is 2.27. The van der Waals surface area contributed by atoms with Crippen LogP contribution in [0.15, 0.2) is 12.1 Å². The zero-order chi connectivity index (χ0) is 10.5. The number of halogens is 2. The highest BCUT2D eigenvalue weighted by Crippen LogP contribution is 2.48. The fraction of sp³-hybridized carbons (Fsp3) is 0.455. The fourth-order valence-corrected chi connectivity index (χ4v) is 3.03. The summed E-state index contributed by atoms with van der Waals surface area (Å²) in [7, 11) is 0. The van der Waals surface area contributed by atoms with Gasteiger partial charge in [0.1, 0.15) is 0 Å². The van der Waals surface area contributed by atoms with Crippen LogP contribution in [0.5, 0.6) is 0 Å². The number of aliphatic hydroxyl groups is 1. The van der Waals surface area contributed by atoms with E-state index in [-0.39, 0.29) is 5.41 Å². The van der Waals surface area contributed by atoms with Gasteiger partial charge in [-0.15, -0.1) is 0 Å². The molecule has 1 aliphatic rings. The molecule has 2 rings (SSSR count). The summed E-state index contributed by atoms with van der Waals surface area (Å²) < 4.78 is 0. The Hall–Kier alpha value is -0.240. The molecule has 1 nitrogen and oxygen atoms in total. The van der Waals surface area contributed by atoms with Gasteiger partial charge in [-0.1, -0.05) is 37.0 Å². The van der Waals surface area contributed by atoms with Gasteiger partial charge in [0.2, 0.25) is 0 Å². The Bertz CT molecular complexity index is 385. The van der Waals surface area contributed by atoms with E-state index in [2.05, 4.69) is 13.8 Å². The summed E-state index contributed by atoms with van der Waals surface area (Å²) in [5, 5.41) is 11.1. The Morgan fingerprint density at radius 2 is 2.00 bits per heavy atom. The predicted molar refractivity (Wildman–Crippen MR) is 59.1 cm³/mol. The first-order valence-corrected chi connectivity index (χ1v) is 5.35. The minimum Gasteiger partial charge on any atom is -0.388 e. The van der Waals surface area contributed by atoms with E-state index in [4.69, 9.17) is 23.2 Å². The minimum atomic E-state index is -0.434. The summed E-state index contributed by atoms with van der Waals surface area (Å²) in [6.07, 6.45) is 0.277. The predicted octanol–water partition coefficient (Wildman–Crippen LogP) is 3.71. The molecule has 14 heavy (non-hydrogen) atoms. The average Bonchev–Trinajstić information content (AvgIpc) is 2.21. The van der Waals surface area contributed by atoms with Crippen LogP contribution in [0.25, 0.3) is 0 Å². The van der Waals surface area contributed by atoms with Gasteiger partial charge >= 0.3 is 0 Å². The molecule has 0 saturated heterocycles. The quantitative estimate of drug-likeness (QED) is 0.721. The van der Waals surface area contributed by atoms with E-state index in [1.807, 2.05) is 6.07 Å². The summed E-state index contributed by atoms with van der Waals surface area (Å²) >= 11 is 12.0. The summed E-state index contributed by atoms with van der Waals surface area (Å²) in [5.74, 6) is 0. The van der Waals surface area contributed by atoms with Gasteiger partial charge < -0.3 is 5.11 Å². The number of aliphatic hydroxyl groups excluding tert-OH is 1. The van der Waals surface area contributed by atoms with Gasteiger partial charge in [0.15, 0.2) is 0 Å². The molecule has 3 heteroatoms. The molecular weight excluding hydrogens is 219 g/mol. The van der Waals surface area contributed by atoms with Crippen LogP contribution in [0.2, 0.25) is 10.0 Å². The summed E-state index contributed by atoms with van der Waals surface area (Å²) in [5.41, 5.74) is 1.86. The van der Waals surface area contributed by atoms with Crippen LogP contribution in [0.3, 0.4) is 0 Å². The molecule has 76 valence electrons.